The molecule has 2 heterocycles. The monoisotopic (exact) mass is 353 g/mol. The molecule has 0 spiro atoms. The van der Waals surface area contributed by atoms with Gasteiger partial charge in [0.05, 0.1) is 0 Å². The molecule has 126 valence electrons. The molecule has 0 saturated carbocycles. The Balaban J connectivity index is 1.70. The molecule has 6 nitrogen and oxygen atoms in total. The van der Waals surface area contributed by atoms with E-state index >= 15 is 0 Å². The van der Waals surface area contributed by atoms with Gasteiger partial charge >= 0.3 is 0 Å². The minimum atomic E-state index is -0.260. The van der Waals surface area contributed by atoms with Gasteiger partial charge in [-0.05, 0) is 56.3 Å². The number of nitrogens with one attached hydrogen (secondary N) is 2. The maximum absolute atomic E-state index is 12.2. The van der Waals surface area contributed by atoms with Crippen molar-refractivity contribution >= 4 is 35.0 Å². The number of halogens is 1. The van der Waals surface area contributed by atoms with Crippen molar-refractivity contribution < 1.29 is 4.79 Å². The second-order valence-corrected chi connectivity index (χ2v) is 5.93. The quantitative estimate of drug-likeness (QED) is 0.737. The first kappa shape index (κ1) is 16.9. The molecule has 0 atom stereocenters. The van der Waals surface area contributed by atoms with Crippen molar-refractivity contribution in [3.8, 4) is 0 Å². The summed E-state index contributed by atoms with van der Waals surface area (Å²) in [4.78, 5) is 25.0. The van der Waals surface area contributed by atoms with Crippen LogP contribution in [-0.2, 0) is 0 Å². The van der Waals surface area contributed by atoms with Crippen LogP contribution in [0.15, 0.2) is 48.7 Å². The summed E-state index contributed by atoms with van der Waals surface area (Å²) in [5.41, 5.74) is 3.08. The number of anilines is 3. The lowest BCUT2D eigenvalue weighted by molar-refractivity contribution is 0.102. The Labute approximate surface area is 150 Å². The number of aryl methyl sites for hydroxylation is 2. The van der Waals surface area contributed by atoms with Gasteiger partial charge in [-0.15, -0.1) is 0 Å². The summed E-state index contributed by atoms with van der Waals surface area (Å²) in [6.07, 6.45) is 1.54. The van der Waals surface area contributed by atoms with Gasteiger partial charge in [0.25, 0.3) is 5.91 Å². The summed E-state index contributed by atoms with van der Waals surface area (Å²) in [6.45, 7) is 3.83. The molecule has 3 rings (SSSR count). The highest BCUT2D eigenvalue weighted by atomic mass is 35.5. The molecule has 7 heteroatoms. The Morgan fingerprint density at radius 3 is 2.32 bits per heavy atom. The third-order valence-electron chi connectivity index (χ3n) is 3.35. The lowest BCUT2D eigenvalue weighted by Crippen LogP contribution is -2.12. The second-order valence-electron chi connectivity index (χ2n) is 5.49. The first-order chi connectivity index (χ1) is 12.0. The van der Waals surface area contributed by atoms with Crippen LogP contribution in [0.4, 0.5) is 17.5 Å². The van der Waals surface area contributed by atoms with Crippen LogP contribution in [0.3, 0.4) is 0 Å². The van der Waals surface area contributed by atoms with Crippen LogP contribution < -0.4 is 10.6 Å². The molecule has 1 amide bonds. The van der Waals surface area contributed by atoms with E-state index in [1.807, 2.05) is 19.9 Å². The molecule has 25 heavy (non-hydrogen) atoms. The standard InChI is InChI=1S/C18H16ClN5O/c1-11-9-12(2)22-18(21-11)23-15-5-3-13(4-6-15)17(25)24-16-10-14(19)7-8-20-16/h3-10H,1-2H3,(H,20,24,25)(H,21,22,23). The van der Waals surface area contributed by atoms with E-state index in [1.165, 1.54) is 6.20 Å². The Hall–Kier alpha value is -2.99. The van der Waals surface area contributed by atoms with Crippen molar-refractivity contribution in [1.29, 1.82) is 0 Å². The average molecular weight is 354 g/mol. The zero-order valence-electron chi connectivity index (χ0n) is 13.7. The van der Waals surface area contributed by atoms with Gasteiger partial charge in [0.15, 0.2) is 0 Å². The van der Waals surface area contributed by atoms with E-state index in [1.54, 1.807) is 36.4 Å². The maximum atomic E-state index is 12.2. The molecule has 0 fully saturated rings. The van der Waals surface area contributed by atoms with Gasteiger partial charge in [-0.3, -0.25) is 4.79 Å². The number of aromatic nitrogens is 3. The molecule has 0 aliphatic heterocycles. The van der Waals surface area contributed by atoms with Crippen LogP contribution in [0.1, 0.15) is 21.7 Å². The molecular weight excluding hydrogens is 338 g/mol. The molecule has 0 radical (unpaired) electrons. The van der Waals surface area contributed by atoms with E-state index in [4.69, 9.17) is 11.6 Å². The van der Waals surface area contributed by atoms with Crippen LogP contribution in [-0.4, -0.2) is 20.9 Å². The van der Waals surface area contributed by atoms with Crippen molar-refractivity contribution in [2.24, 2.45) is 0 Å². The Morgan fingerprint density at radius 1 is 1.00 bits per heavy atom. The number of pyridine rings is 1. The molecule has 2 N–H and O–H groups in total. The highest BCUT2D eigenvalue weighted by Crippen LogP contribution is 2.17. The summed E-state index contributed by atoms with van der Waals surface area (Å²) in [5.74, 6) is 0.671. The van der Waals surface area contributed by atoms with E-state index in [2.05, 4.69) is 25.6 Å². The van der Waals surface area contributed by atoms with Gasteiger partial charge < -0.3 is 10.6 Å². The van der Waals surface area contributed by atoms with E-state index in [-0.39, 0.29) is 5.91 Å². The Bertz CT molecular complexity index is 891. The topological polar surface area (TPSA) is 79.8 Å². The average Bonchev–Trinajstić information content (AvgIpc) is 2.54. The summed E-state index contributed by atoms with van der Waals surface area (Å²) < 4.78 is 0. The third kappa shape index (κ3) is 4.51. The zero-order chi connectivity index (χ0) is 17.8. The predicted octanol–water partition coefficient (Wildman–Crippen LogP) is 4.14. The van der Waals surface area contributed by atoms with E-state index in [0.717, 1.165) is 17.1 Å². The summed E-state index contributed by atoms with van der Waals surface area (Å²) in [5, 5.41) is 6.34. The number of hydrogen-bond acceptors (Lipinski definition) is 5. The number of hydrogen-bond donors (Lipinski definition) is 2. The second kappa shape index (κ2) is 7.27. The normalized spacial score (nSPS) is 10.4. The number of amides is 1. The van der Waals surface area contributed by atoms with Gasteiger partial charge in [0, 0.05) is 33.9 Å². The third-order valence-corrected chi connectivity index (χ3v) is 3.58. The van der Waals surface area contributed by atoms with Crippen LogP contribution in [0.5, 0.6) is 0 Å². The van der Waals surface area contributed by atoms with Gasteiger partial charge in [-0.2, -0.15) is 0 Å². The number of carbonyl (C=O) groups excluding carboxylic acids is 1. The van der Waals surface area contributed by atoms with Crippen molar-refractivity contribution in [2.75, 3.05) is 10.6 Å². The fraction of sp³-hybridized carbons (Fsp3) is 0.111. The predicted molar refractivity (Wildman–Crippen MR) is 98.4 cm³/mol. The van der Waals surface area contributed by atoms with Crippen molar-refractivity contribution in [2.45, 2.75) is 13.8 Å². The summed E-state index contributed by atoms with van der Waals surface area (Å²) >= 11 is 5.88. The molecule has 0 unspecified atom stereocenters. The number of carbonyl (C=O) groups is 1. The molecular formula is C18H16ClN5O. The molecule has 2 aromatic heterocycles. The van der Waals surface area contributed by atoms with Gasteiger partial charge in [0.2, 0.25) is 5.95 Å². The minimum Gasteiger partial charge on any atom is -0.324 e. The first-order valence-corrected chi connectivity index (χ1v) is 8.00. The van der Waals surface area contributed by atoms with Gasteiger partial charge in [0.1, 0.15) is 5.82 Å². The zero-order valence-corrected chi connectivity index (χ0v) is 14.5. The SMILES string of the molecule is Cc1cc(C)nc(Nc2ccc(C(=O)Nc3cc(Cl)ccn3)cc2)n1. The lowest BCUT2D eigenvalue weighted by Gasteiger charge is -2.08. The first-order valence-electron chi connectivity index (χ1n) is 7.62. The lowest BCUT2D eigenvalue weighted by atomic mass is 10.2. The van der Waals surface area contributed by atoms with E-state index in [0.29, 0.717) is 22.4 Å². The molecule has 0 aliphatic carbocycles. The van der Waals surface area contributed by atoms with E-state index in [9.17, 15) is 4.79 Å². The Kier molecular flexibility index (Phi) is 4.90. The largest absolute Gasteiger partial charge is 0.324 e. The maximum Gasteiger partial charge on any atom is 0.256 e. The van der Waals surface area contributed by atoms with Crippen LogP contribution in [0, 0.1) is 13.8 Å². The highest BCUT2D eigenvalue weighted by molar-refractivity contribution is 6.30. The summed E-state index contributed by atoms with van der Waals surface area (Å²) in [7, 11) is 0. The molecule has 0 aliphatic rings. The van der Waals surface area contributed by atoms with Crippen molar-refractivity contribution in [3.05, 3.63) is 70.6 Å². The van der Waals surface area contributed by atoms with Gasteiger partial charge in [-0.25, -0.2) is 15.0 Å². The molecule has 0 bridgehead atoms. The smallest absolute Gasteiger partial charge is 0.256 e. The van der Waals surface area contributed by atoms with Crippen LogP contribution in [0.25, 0.3) is 0 Å². The Morgan fingerprint density at radius 2 is 1.68 bits per heavy atom. The van der Waals surface area contributed by atoms with Crippen LogP contribution in [0.2, 0.25) is 5.02 Å². The summed E-state index contributed by atoms with van der Waals surface area (Å²) in [6, 6.07) is 12.2. The van der Waals surface area contributed by atoms with Crippen molar-refractivity contribution in [1.82, 2.24) is 15.0 Å². The number of benzene rings is 1. The number of nitrogens with zero attached hydrogens (tertiary/aromatic N) is 3. The minimum absolute atomic E-state index is 0.260. The van der Waals surface area contributed by atoms with Crippen LogP contribution >= 0.6 is 11.6 Å². The molecule has 0 saturated heterocycles. The van der Waals surface area contributed by atoms with Gasteiger partial charge in [-0.1, -0.05) is 11.6 Å². The molecule has 3 aromatic rings. The number of rotatable bonds is 4. The highest BCUT2D eigenvalue weighted by Gasteiger charge is 2.08. The van der Waals surface area contributed by atoms with Crippen molar-refractivity contribution in [3.63, 3.8) is 0 Å². The fourth-order valence-corrected chi connectivity index (χ4v) is 2.44. The fourth-order valence-electron chi connectivity index (χ4n) is 2.28. The molecule has 1 aromatic carbocycles. The van der Waals surface area contributed by atoms with E-state index < -0.39 is 0 Å².